The Morgan fingerprint density at radius 3 is 2.79 bits per heavy atom. The van der Waals surface area contributed by atoms with Crippen LogP contribution in [0.15, 0.2) is 29.3 Å². The van der Waals surface area contributed by atoms with Crippen LogP contribution in [0, 0.1) is 6.92 Å². The summed E-state index contributed by atoms with van der Waals surface area (Å²) in [6.07, 6.45) is 3.74. The Labute approximate surface area is 179 Å². The van der Waals surface area contributed by atoms with E-state index in [4.69, 9.17) is 38.7 Å². The van der Waals surface area contributed by atoms with Crippen molar-refractivity contribution < 1.29 is 4.74 Å². The number of thioether (sulfide) groups is 1. The first kappa shape index (κ1) is 21.2. The fourth-order valence-electron chi connectivity index (χ4n) is 3.13. The maximum absolute atomic E-state index is 6.24. The van der Waals surface area contributed by atoms with Crippen LogP contribution in [-0.4, -0.2) is 27.4 Å². The number of nitrogens with zero attached hydrogens (tertiary/aromatic N) is 3. The van der Waals surface area contributed by atoms with Gasteiger partial charge in [-0.15, -0.1) is 11.8 Å². The molecule has 1 aromatic carbocycles. The van der Waals surface area contributed by atoms with Gasteiger partial charge in [-0.2, -0.15) is 0 Å². The first-order chi connectivity index (χ1) is 13.4. The molecule has 0 aliphatic rings. The van der Waals surface area contributed by atoms with Crippen LogP contribution in [0.1, 0.15) is 37.3 Å². The average molecular weight is 439 g/mol. The molecule has 0 fully saturated rings. The molecule has 150 valence electrons. The lowest BCUT2D eigenvalue weighted by molar-refractivity contribution is 0.109. The topological polar surface area (TPSA) is 66.0 Å². The molecule has 8 heteroatoms. The Balaban J connectivity index is 1.70. The Hall–Kier alpha value is -1.47. The summed E-state index contributed by atoms with van der Waals surface area (Å²) in [5, 5.41) is 1.36. The molecule has 3 aromatic rings. The van der Waals surface area contributed by atoms with Crippen molar-refractivity contribution in [1.29, 1.82) is 0 Å². The van der Waals surface area contributed by atoms with Gasteiger partial charge in [0, 0.05) is 29.8 Å². The van der Waals surface area contributed by atoms with Crippen molar-refractivity contribution in [2.75, 3.05) is 18.6 Å². The number of unbranched alkanes of at least 4 members (excludes halogenated alkanes) is 1. The number of imidazole rings is 1. The second-order valence-corrected chi connectivity index (χ2v) is 8.63. The normalized spacial score (nSPS) is 12.6. The van der Waals surface area contributed by atoms with Gasteiger partial charge < -0.3 is 15.0 Å². The fourth-order valence-corrected chi connectivity index (χ4v) is 4.63. The molecule has 0 aliphatic carbocycles. The van der Waals surface area contributed by atoms with Crippen molar-refractivity contribution in [3.63, 3.8) is 0 Å². The van der Waals surface area contributed by atoms with E-state index in [1.165, 1.54) is 0 Å². The van der Waals surface area contributed by atoms with Crippen LogP contribution in [0.3, 0.4) is 0 Å². The van der Waals surface area contributed by atoms with Crippen LogP contribution < -0.4 is 5.73 Å². The number of aromatic nitrogens is 3. The minimum absolute atomic E-state index is 0.117. The number of rotatable bonds is 8. The third-order valence-electron chi connectivity index (χ3n) is 4.66. The van der Waals surface area contributed by atoms with E-state index in [0.29, 0.717) is 15.9 Å². The van der Waals surface area contributed by atoms with Crippen LogP contribution in [0.4, 0.5) is 5.82 Å². The van der Waals surface area contributed by atoms with Crippen LogP contribution in [-0.2, 0) is 11.3 Å². The van der Waals surface area contributed by atoms with Gasteiger partial charge in [-0.1, -0.05) is 23.2 Å². The maximum atomic E-state index is 6.24. The number of nitrogens with two attached hydrogens (primary N) is 1. The van der Waals surface area contributed by atoms with Crippen molar-refractivity contribution >= 4 is 51.8 Å². The van der Waals surface area contributed by atoms with Gasteiger partial charge >= 0.3 is 0 Å². The standard InChI is InChI=1S/C20H24Cl2N4OS/c1-12-11-24-19(23)17-18(12)26(20(25-17)13(2)27-3)8-4-5-9-28-16-7-6-14(21)10-15(16)22/h6-7,10-11,13H,4-5,8-9H2,1-3H3,(H2,23,24). The van der Waals surface area contributed by atoms with E-state index in [1.54, 1.807) is 31.1 Å². The van der Waals surface area contributed by atoms with Crippen molar-refractivity contribution in [2.45, 2.75) is 44.2 Å². The van der Waals surface area contributed by atoms with Crippen LogP contribution in [0.5, 0.6) is 0 Å². The third-order valence-corrected chi connectivity index (χ3v) is 6.47. The van der Waals surface area contributed by atoms with Gasteiger partial charge in [0.25, 0.3) is 0 Å². The molecule has 28 heavy (non-hydrogen) atoms. The third kappa shape index (κ3) is 4.57. The Bertz CT molecular complexity index is 976. The van der Waals surface area contributed by atoms with Crippen LogP contribution in [0.2, 0.25) is 10.0 Å². The molecule has 0 amide bonds. The summed E-state index contributed by atoms with van der Waals surface area (Å²) in [5.41, 5.74) is 8.92. The number of hydrogen-bond donors (Lipinski definition) is 1. The highest BCUT2D eigenvalue weighted by Gasteiger charge is 2.19. The number of aryl methyl sites for hydroxylation is 2. The van der Waals surface area contributed by atoms with Gasteiger partial charge in [-0.05, 0) is 56.2 Å². The number of halogens is 2. The van der Waals surface area contributed by atoms with E-state index in [2.05, 4.69) is 9.55 Å². The summed E-state index contributed by atoms with van der Waals surface area (Å²) >= 11 is 13.9. The summed E-state index contributed by atoms with van der Waals surface area (Å²) in [4.78, 5) is 10.0. The van der Waals surface area contributed by atoms with Crippen molar-refractivity contribution in [2.24, 2.45) is 0 Å². The lowest BCUT2D eigenvalue weighted by Crippen LogP contribution is -2.09. The van der Waals surface area contributed by atoms with E-state index in [1.807, 2.05) is 26.0 Å². The van der Waals surface area contributed by atoms with E-state index in [-0.39, 0.29) is 6.10 Å². The highest BCUT2D eigenvalue weighted by Crippen LogP contribution is 2.31. The van der Waals surface area contributed by atoms with Crippen molar-refractivity contribution in [3.8, 4) is 0 Å². The van der Waals surface area contributed by atoms with E-state index in [0.717, 1.165) is 52.5 Å². The number of anilines is 1. The molecule has 1 unspecified atom stereocenters. The Kier molecular flexibility index (Phi) is 7.10. The van der Waals surface area contributed by atoms with Gasteiger partial charge in [0.15, 0.2) is 5.82 Å². The quantitative estimate of drug-likeness (QED) is 0.349. The highest BCUT2D eigenvalue weighted by atomic mass is 35.5. The first-order valence-corrected chi connectivity index (χ1v) is 10.9. The predicted octanol–water partition coefficient (Wildman–Crippen LogP) is 5.91. The largest absolute Gasteiger partial charge is 0.382 e. The van der Waals surface area contributed by atoms with Crippen LogP contribution in [0.25, 0.3) is 11.0 Å². The highest BCUT2D eigenvalue weighted by molar-refractivity contribution is 7.99. The number of fused-ring (bicyclic) bond motifs is 1. The molecular weight excluding hydrogens is 415 g/mol. The lowest BCUT2D eigenvalue weighted by Gasteiger charge is -2.14. The smallest absolute Gasteiger partial charge is 0.151 e. The second kappa shape index (κ2) is 9.35. The molecule has 2 aromatic heterocycles. The molecular formula is C20H24Cl2N4OS. The predicted molar refractivity (Wildman–Crippen MR) is 119 cm³/mol. The number of nitrogen functional groups attached to an aromatic ring is 1. The summed E-state index contributed by atoms with van der Waals surface area (Å²) in [6.45, 7) is 4.88. The molecule has 0 bridgehead atoms. The summed E-state index contributed by atoms with van der Waals surface area (Å²) < 4.78 is 7.74. The molecule has 0 spiro atoms. The number of hydrogen-bond acceptors (Lipinski definition) is 5. The van der Waals surface area contributed by atoms with Gasteiger partial charge in [-0.3, -0.25) is 0 Å². The molecule has 2 N–H and O–H groups in total. The number of ether oxygens (including phenoxy) is 1. The minimum atomic E-state index is -0.117. The maximum Gasteiger partial charge on any atom is 0.151 e. The summed E-state index contributed by atoms with van der Waals surface area (Å²) in [5.74, 6) is 2.32. The molecule has 0 aliphatic heterocycles. The van der Waals surface area contributed by atoms with Crippen LogP contribution >= 0.6 is 35.0 Å². The molecule has 1 atom stereocenters. The van der Waals surface area contributed by atoms with E-state index in [9.17, 15) is 0 Å². The zero-order valence-corrected chi connectivity index (χ0v) is 18.5. The monoisotopic (exact) mass is 438 g/mol. The average Bonchev–Trinajstić information content (AvgIpc) is 3.06. The minimum Gasteiger partial charge on any atom is -0.382 e. The van der Waals surface area contributed by atoms with E-state index < -0.39 is 0 Å². The Morgan fingerprint density at radius 1 is 1.29 bits per heavy atom. The van der Waals surface area contributed by atoms with Gasteiger partial charge in [0.05, 0.1) is 10.5 Å². The van der Waals surface area contributed by atoms with E-state index >= 15 is 0 Å². The van der Waals surface area contributed by atoms with Gasteiger partial charge in [0.2, 0.25) is 0 Å². The summed E-state index contributed by atoms with van der Waals surface area (Å²) in [7, 11) is 1.69. The second-order valence-electron chi connectivity index (χ2n) is 6.65. The number of pyridine rings is 1. The van der Waals surface area contributed by atoms with Gasteiger partial charge in [-0.25, -0.2) is 9.97 Å². The number of benzene rings is 1. The Morgan fingerprint density at radius 2 is 2.07 bits per heavy atom. The fraction of sp³-hybridized carbons (Fsp3) is 0.400. The van der Waals surface area contributed by atoms with Crippen molar-refractivity contribution in [1.82, 2.24) is 14.5 Å². The zero-order valence-electron chi connectivity index (χ0n) is 16.2. The van der Waals surface area contributed by atoms with Gasteiger partial charge in [0.1, 0.15) is 17.4 Å². The first-order valence-electron chi connectivity index (χ1n) is 9.14. The SMILES string of the molecule is COC(C)c1nc2c(N)ncc(C)c2n1CCCCSc1ccc(Cl)cc1Cl. The molecule has 0 saturated heterocycles. The van der Waals surface area contributed by atoms with Crippen molar-refractivity contribution in [3.05, 3.63) is 45.8 Å². The lowest BCUT2D eigenvalue weighted by atomic mass is 10.2. The molecule has 0 radical (unpaired) electrons. The molecule has 5 nitrogen and oxygen atoms in total. The molecule has 2 heterocycles. The zero-order chi connectivity index (χ0) is 20.3. The summed E-state index contributed by atoms with van der Waals surface area (Å²) in [6, 6.07) is 5.62. The number of methoxy groups -OCH3 is 1. The molecule has 0 saturated carbocycles. The molecule has 3 rings (SSSR count).